The molecule has 1 aromatic heterocycles. The maximum atomic E-state index is 12.1. The molecule has 154 valence electrons. The van der Waals surface area contributed by atoms with Crippen molar-refractivity contribution in [2.24, 2.45) is 0 Å². The Morgan fingerprint density at radius 1 is 1.10 bits per heavy atom. The van der Waals surface area contributed by atoms with Gasteiger partial charge in [-0.2, -0.15) is 5.10 Å². The van der Waals surface area contributed by atoms with Gasteiger partial charge in [-0.25, -0.2) is 4.68 Å². The maximum Gasteiger partial charge on any atom is 0.266 e. The van der Waals surface area contributed by atoms with Gasteiger partial charge in [0.05, 0.1) is 12.2 Å². The Kier molecular flexibility index (Phi) is 5.65. The predicted molar refractivity (Wildman–Crippen MR) is 110 cm³/mol. The summed E-state index contributed by atoms with van der Waals surface area (Å²) in [7, 11) is 0. The number of aryl methyl sites for hydroxylation is 1. The maximum absolute atomic E-state index is 12.1. The Balaban J connectivity index is 1.29. The highest BCUT2D eigenvalue weighted by atomic mass is 16.7. The Morgan fingerprint density at radius 2 is 1.90 bits per heavy atom. The largest absolute Gasteiger partial charge is 0.484 e. The molecule has 0 radical (unpaired) electrons. The van der Waals surface area contributed by atoms with E-state index >= 15 is 0 Å². The average molecular weight is 407 g/mol. The van der Waals surface area contributed by atoms with Gasteiger partial charge in [-0.15, -0.1) is 0 Å². The van der Waals surface area contributed by atoms with E-state index in [0.717, 1.165) is 11.1 Å². The molecular weight excluding hydrogens is 386 g/mol. The Labute approximate surface area is 173 Å². The van der Waals surface area contributed by atoms with E-state index in [9.17, 15) is 9.59 Å². The zero-order valence-corrected chi connectivity index (χ0v) is 16.5. The van der Waals surface area contributed by atoms with Gasteiger partial charge in [0.2, 0.25) is 6.79 Å². The number of aromatic nitrogens is 2. The van der Waals surface area contributed by atoms with Crippen molar-refractivity contribution in [1.82, 2.24) is 15.1 Å². The summed E-state index contributed by atoms with van der Waals surface area (Å²) in [5.41, 5.74) is 2.55. The SMILES string of the molecule is Cc1ccc(-c2ccc(=O)n(CCNC(=O)COc3ccc4c(c3)OCO4)n2)cc1. The number of amides is 1. The summed E-state index contributed by atoms with van der Waals surface area (Å²) in [6.45, 7) is 2.56. The molecule has 2 heterocycles. The molecule has 1 aliphatic heterocycles. The summed E-state index contributed by atoms with van der Waals surface area (Å²) in [6.07, 6.45) is 0. The van der Waals surface area contributed by atoms with Crippen molar-refractivity contribution in [2.45, 2.75) is 13.5 Å². The summed E-state index contributed by atoms with van der Waals surface area (Å²) >= 11 is 0. The molecule has 30 heavy (non-hydrogen) atoms. The van der Waals surface area contributed by atoms with E-state index in [1.54, 1.807) is 24.3 Å². The first-order valence-electron chi connectivity index (χ1n) is 9.53. The van der Waals surface area contributed by atoms with Gasteiger partial charge in [0.15, 0.2) is 18.1 Å². The van der Waals surface area contributed by atoms with Gasteiger partial charge in [0.1, 0.15) is 5.75 Å². The first kappa shape index (κ1) is 19.5. The van der Waals surface area contributed by atoms with Crippen LogP contribution >= 0.6 is 0 Å². The van der Waals surface area contributed by atoms with Crippen molar-refractivity contribution in [1.29, 1.82) is 0 Å². The minimum atomic E-state index is -0.296. The van der Waals surface area contributed by atoms with Crippen LogP contribution in [0.2, 0.25) is 0 Å². The summed E-state index contributed by atoms with van der Waals surface area (Å²) < 4.78 is 17.3. The number of nitrogens with one attached hydrogen (secondary N) is 1. The second kappa shape index (κ2) is 8.69. The van der Waals surface area contributed by atoms with Crippen LogP contribution in [-0.2, 0) is 11.3 Å². The molecule has 1 aliphatic rings. The van der Waals surface area contributed by atoms with Crippen LogP contribution in [0, 0.1) is 6.92 Å². The van der Waals surface area contributed by atoms with Crippen LogP contribution in [0.4, 0.5) is 0 Å². The van der Waals surface area contributed by atoms with Gasteiger partial charge >= 0.3 is 0 Å². The molecule has 0 saturated carbocycles. The Bertz CT molecular complexity index is 1110. The fraction of sp³-hybridized carbons (Fsp3) is 0.227. The normalized spacial score (nSPS) is 11.9. The second-order valence-electron chi connectivity index (χ2n) is 6.80. The molecule has 4 rings (SSSR count). The van der Waals surface area contributed by atoms with Crippen LogP contribution in [0.25, 0.3) is 11.3 Å². The topological polar surface area (TPSA) is 91.7 Å². The van der Waals surface area contributed by atoms with Crippen LogP contribution < -0.4 is 25.1 Å². The van der Waals surface area contributed by atoms with Crippen LogP contribution in [0.5, 0.6) is 17.2 Å². The number of nitrogens with zero attached hydrogens (tertiary/aromatic N) is 2. The lowest BCUT2D eigenvalue weighted by molar-refractivity contribution is -0.123. The molecule has 0 atom stereocenters. The standard InChI is InChI=1S/C22H21N3O5/c1-15-2-4-16(5-3-15)18-7-9-22(27)25(24-18)11-10-23-21(26)13-28-17-6-8-19-20(12-17)30-14-29-19/h2-9,12H,10-11,13-14H2,1H3,(H,23,26). The lowest BCUT2D eigenvalue weighted by atomic mass is 10.1. The summed E-state index contributed by atoms with van der Waals surface area (Å²) in [6, 6.07) is 16.2. The number of hydrogen-bond donors (Lipinski definition) is 1. The zero-order chi connectivity index (χ0) is 20.9. The Morgan fingerprint density at radius 3 is 2.73 bits per heavy atom. The second-order valence-corrected chi connectivity index (χ2v) is 6.80. The number of benzene rings is 2. The number of hydrogen-bond acceptors (Lipinski definition) is 6. The summed E-state index contributed by atoms with van der Waals surface area (Å²) in [4.78, 5) is 24.1. The van der Waals surface area contributed by atoms with Gasteiger partial charge in [0, 0.05) is 24.2 Å². The van der Waals surface area contributed by atoms with Gasteiger partial charge < -0.3 is 19.5 Å². The average Bonchev–Trinajstić information content (AvgIpc) is 3.22. The van der Waals surface area contributed by atoms with Crippen LogP contribution in [0.1, 0.15) is 5.56 Å². The van der Waals surface area contributed by atoms with Crippen LogP contribution in [-0.4, -0.2) is 35.6 Å². The summed E-state index contributed by atoms with van der Waals surface area (Å²) in [5, 5.41) is 7.12. The quantitative estimate of drug-likeness (QED) is 0.645. The van der Waals surface area contributed by atoms with E-state index < -0.39 is 0 Å². The van der Waals surface area contributed by atoms with E-state index in [4.69, 9.17) is 14.2 Å². The van der Waals surface area contributed by atoms with Crippen LogP contribution in [0.3, 0.4) is 0 Å². The van der Waals surface area contributed by atoms with Crippen molar-refractivity contribution in [2.75, 3.05) is 19.9 Å². The molecule has 0 bridgehead atoms. The molecule has 1 amide bonds. The first-order chi connectivity index (χ1) is 14.6. The molecule has 0 unspecified atom stereocenters. The number of carbonyl (C=O) groups is 1. The highest BCUT2D eigenvalue weighted by molar-refractivity contribution is 5.77. The van der Waals surface area contributed by atoms with Crippen LogP contribution in [0.15, 0.2) is 59.4 Å². The van der Waals surface area contributed by atoms with Crippen molar-refractivity contribution >= 4 is 5.91 Å². The van der Waals surface area contributed by atoms with Gasteiger partial charge in [-0.05, 0) is 25.1 Å². The fourth-order valence-corrected chi connectivity index (χ4v) is 2.96. The minimum Gasteiger partial charge on any atom is -0.484 e. The molecule has 0 saturated heterocycles. The molecular formula is C22H21N3O5. The van der Waals surface area contributed by atoms with E-state index in [0.29, 0.717) is 22.9 Å². The third-order valence-corrected chi connectivity index (χ3v) is 4.57. The number of fused-ring (bicyclic) bond motifs is 1. The van der Waals surface area contributed by atoms with E-state index in [-0.39, 0.29) is 38.0 Å². The van der Waals surface area contributed by atoms with Gasteiger partial charge in [0.25, 0.3) is 11.5 Å². The lowest BCUT2D eigenvalue weighted by Crippen LogP contribution is -2.34. The predicted octanol–water partition coefficient (Wildman–Crippen LogP) is 2.14. The van der Waals surface area contributed by atoms with Gasteiger partial charge in [-0.3, -0.25) is 9.59 Å². The minimum absolute atomic E-state index is 0.147. The number of ether oxygens (including phenoxy) is 3. The number of carbonyl (C=O) groups excluding carboxylic acids is 1. The molecule has 0 aliphatic carbocycles. The van der Waals surface area contributed by atoms with Crippen molar-refractivity contribution in [3.05, 3.63) is 70.5 Å². The monoisotopic (exact) mass is 407 g/mol. The third kappa shape index (κ3) is 4.60. The fourth-order valence-electron chi connectivity index (χ4n) is 2.96. The van der Waals surface area contributed by atoms with Crippen molar-refractivity contribution < 1.29 is 19.0 Å². The molecule has 0 spiro atoms. The molecule has 3 aromatic rings. The Hall–Kier alpha value is -3.81. The van der Waals surface area contributed by atoms with E-state index in [1.165, 1.54) is 10.7 Å². The summed E-state index contributed by atoms with van der Waals surface area (Å²) in [5.74, 6) is 1.46. The van der Waals surface area contributed by atoms with Crippen molar-refractivity contribution in [3.8, 4) is 28.5 Å². The zero-order valence-electron chi connectivity index (χ0n) is 16.5. The first-order valence-corrected chi connectivity index (χ1v) is 9.53. The highest BCUT2D eigenvalue weighted by Crippen LogP contribution is 2.34. The molecule has 8 heteroatoms. The smallest absolute Gasteiger partial charge is 0.266 e. The van der Waals surface area contributed by atoms with Crippen molar-refractivity contribution in [3.63, 3.8) is 0 Å². The number of rotatable bonds is 7. The molecule has 1 N–H and O–H groups in total. The van der Waals surface area contributed by atoms with E-state index in [1.807, 2.05) is 31.2 Å². The third-order valence-electron chi connectivity index (χ3n) is 4.57. The highest BCUT2D eigenvalue weighted by Gasteiger charge is 2.14. The molecule has 0 fully saturated rings. The lowest BCUT2D eigenvalue weighted by Gasteiger charge is -2.10. The molecule has 8 nitrogen and oxygen atoms in total. The molecule has 2 aromatic carbocycles. The van der Waals surface area contributed by atoms with Gasteiger partial charge in [-0.1, -0.05) is 29.8 Å². The van der Waals surface area contributed by atoms with E-state index in [2.05, 4.69) is 10.4 Å².